The van der Waals surface area contributed by atoms with E-state index in [1.165, 1.54) is 4.90 Å². The highest BCUT2D eigenvalue weighted by atomic mass is 16.3. The van der Waals surface area contributed by atoms with Crippen LogP contribution in [0.5, 0.6) is 0 Å². The van der Waals surface area contributed by atoms with Crippen molar-refractivity contribution in [2.24, 2.45) is 5.92 Å². The Bertz CT molecular complexity index is 643. The van der Waals surface area contributed by atoms with Gasteiger partial charge in [-0.25, -0.2) is 4.79 Å². The molecule has 0 aliphatic carbocycles. The van der Waals surface area contributed by atoms with Crippen molar-refractivity contribution in [1.29, 1.82) is 0 Å². The van der Waals surface area contributed by atoms with Crippen LogP contribution < -0.4 is 0 Å². The summed E-state index contributed by atoms with van der Waals surface area (Å²) >= 11 is 0. The summed E-state index contributed by atoms with van der Waals surface area (Å²) in [7, 11) is 1.60. The molecule has 0 N–H and O–H groups in total. The number of hydrogen-bond acceptors (Lipinski definition) is 4. The molecule has 2 saturated heterocycles. The number of amides is 3. The van der Waals surface area contributed by atoms with Crippen LogP contribution in [0.3, 0.4) is 0 Å². The Balaban J connectivity index is 1.64. The third-order valence-corrected chi connectivity index (χ3v) is 5.16. The summed E-state index contributed by atoms with van der Waals surface area (Å²) in [6, 6.07) is 3.64. The van der Waals surface area contributed by atoms with Crippen molar-refractivity contribution < 1.29 is 14.0 Å². The molecular formula is C19H27N3O3. The van der Waals surface area contributed by atoms with Gasteiger partial charge in [0.25, 0.3) is 5.91 Å². The zero-order chi connectivity index (χ0) is 18.0. The monoisotopic (exact) mass is 345 g/mol. The molecule has 3 heterocycles. The molecule has 6 nitrogen and oxygen atoms in total. The summed E-state index contributed by atoms with van der Waals surface area (Å²) in [6.45, 7) is 7.23. The van der Waals surface area contributed by atoms with Crippen molar-refractivity contribution in [2.45, 2.75) is 32.2 Å². The van der Waals surface area contributed by atoms with Gasteiger partial charge in [-0.1, -0.05) is 19.9 Å². The number of nitrogens with zero attached hydrogens (tertiary/aromatic N) is 3. The van der Waals surface area contributed by atoms with E-state index in [0.29, 0.717) is 25.3 Å². The van der Waals surface area contributed by atoms with E-state index in [1.807, 2.05) is 23.1 Å². The van der Waals surface area contributed by atoms with Crippen molar-refractivity contribution in [2.75, 3.05) is 33.2 Å². The van der Waals surface area contributed by atoms with Crippen LogP contribution in [-0.2, 0) is 4.79 Å². The van der Waals surface area contributed by atoms with E-state index in [2.05, 4.69) is 24.8 Å². The topological polar surface area (TPSA) is 57.0 Å². The fourth-order valence-electron chi connectivity index (χ4n) is 3.79. The number of hydrogen-bond donors (Lipinski definition) is 0. The predicted molar refractivity (Wildman–Crippen MR) is 95.9 cm³/mol. The van der Waals surface area contributed by atoms with Gasteiger partial charge in [-0.15, -0.1) is 0 Å². The van der Waals surface area contributed by atoms with E-state index in [0.717, 1.165) is 25.4 Å². The average molecular weight is 345 g/mol. The van der Waals surface area contributed by atoms with Crippen LogP contribution in [0.1, 0.15) is 32.4 Å². The number of urea groups is 1. The van der Waals surface area contributed by atoms with E-state index >= 15 is 0 Å². The Labute approximate surface area is 149 Å². The fourth-order valence-corrected chi connectivity index (χ4v) is 3.79. The van der Waals surface area contributed by atoms with Crippen molar-refractivity contribution >= 4 is 18.0 Å². The number of carbonyl (C=O) groups is 2. The summed E-state index contributed by atoms with van der Waals surface area (Å²) in [5.74, 6) is 1.15. The zero-order valence-electron chi connectivity index (χ0n) is 15.3. The first-order valence-electron chi connectivity index (χ1n) is 8.96. The molecule has 1 aromatic heterocycles. The van der Waals surface area contributed by atoms with E-state index < -0.39 is 5.54 Å². The lowest BCUT2D eigenvalue weighted by molar-refractivity contribution is -0.134. The zero-order valence-corrected chi connectivity index (χ0v) is 15.3. The smallest absolute Gasteiger partial charge is 0.327 e. The molecular weight excluding hydrogens is 318 g/mol. The summed E-state index contributed by atoms with van der Waals surface area (Å²) in [5.41, 5.74) is -0.642. The van der Waals surface area contributed by atoms with Crippen molar-refractivity contribution in [3.8, 4) is 0 Å². The number of likely N-dealkylation sites (tertiary alicyclic amines) is 1. The standard InChI is InChI=1S/C19H27N3O3/c1-15(2)14-22-18(24)20(3)17(23)19(22)8-11-21(12-9-19)10-4-6-16-7-5-13-25-16/h4-7,13,15H,8-12,14H2,1-3H3/b6-4+. The highest BCUT2D eigenvalue weighted by Gasteiger charge is 2.56. The maximum atomic E-state index is 12.8. The molecule has 2 aliphatic heterocycles. The van der Waals surface area contributed by atoms with Crippen molar-refractivity contribution in [1.82, 2.24) is 14.7 Å². The molecule has 25 heavy (non-hydrogen) atoms. The lowest BCUT2D eigenvalue weighted by Crippen LogP contribution is -2.57. The van der Waals surface area contributed by atoms with Crippen LogP contribution >= 0.6 is 0 Å². The van der Waals surface area contributed by atoms with Crippen molar-refractivity contribution in [3.63, 3.8) is 0 Å². The van der Waals surface area contributed by atoms with Crippen LogP contribution in [0.2, 0.25) is 0 Å². The Kier molecular flexibility index (Phi) is 4.99. The normalized spacial score (nSPS) is 21.4. The molecule has 2 aliphatic rings. The Morgan fingerprint density at radius 3 is 2.60 bits per heavy atom. The van der Waals surface area contributed by atoms with Gasteiger partial charge in [0.05, 0.1) is 6.26 Å². The summed E-state index contributed by atoms with van der Waals surface area (Å²) in [6.07, 6.45) is 7.10. The van der Waals surface area contributed by atoms with Crippen LogP contribution in [0.25, 0.3) is 6.08 Å². The molecule has 1 aromatic rings. The number of piperidine rings is 1. The average Bonchev–Trinajstić information content (AvgIpc) is 3.16. The molecule has 1 spiro atoms. The summed E-state index contributed by atoms with van der Waals surface area (Å²) < 4.78 is 5.29. The maximum Gasteiger partial charge on any atom is 0.327 e. The minimum Gasteiger partial charge on any atom is -0.465 e. The fraction of sp³-hybridized carbons (Fsp3) is 0.579. The van der Waals surface area contributed by atoms with Gasteiger partial charge >= 0.3 is 6.03 Å². The Morgan fingerprint density at radius 2 is 2.00 bits per heavy atom. The Morgan fingerprint density at radius 1 is 1.28 bits per heavy atom. The highest BCUT2D eigenvalue weighted by molar-refractivity contribution is 6.06. The lowest BCUT2D eigenvalue weighted by Gasteiger charge is -2.42. The van der Waals surface area contributed by atoms with Crippen LogP contribution in [0.4, 0.5) is 4.79 Å². The highest BCUT2D eigenvalue weighted by Crippen LogP contribution is 2.37. The quantitative estimate of drug-likeness (QED) is 0.770. The third-order valence-electron chi connectivity index (χ3n) is 5.16. The first kappa shape index (κ1) is 17.7. The molecule has 2 fully saturated rings. The maximum absolute atomic E-state index is 12.8. The molecule has 0 aromatic carbocycles. The number of carbonyl (C=O) groups excluding carboxylic acids is 2. The Hall–Kier alpha value is -2.08. The van der Waals surface area contributed by atoms with E-state index in [1.54, 1.807) is 13.3 Å². The second kappa shape index (κ2) is 7.04. The molecule has 0 atom stereocenters. The van der Waals surface area contributed by atoms with Gasteiger partial charge in [-0.2, -0.15) is 0 Å². The van der Waals surface area contributed by atoms with Crippen LogP contribution in [-0.4, -0.2) is 65.4 Å². The van der Waals surface area contributed by atoms with E-state index in [-0.39, 0.29) is 11.9 Å². The molecule has 0 bridgehead atoms. The molecule has 0 unspecified atom stereocenters. The van der Waals surface area contributed by atoms with Crippen molar-refractivity contribution in [3.05, 3.63) is 30.2 Å². The first-order valence-corrected chi connectivity index (χ1v) is 8.96. The number of likely N-dealkylation sites (N-methyl/N-ethyl adjacent to an activating group) is 1. The lowest BCUT2D eigenvalue weighted by atomic mass is 9.85. The van der Waals surface area contributed by atoms with Gasteiger partial charge in [-0.05, 0) is 37.0 Å². The summed E-state index contributed by atoms with van der Waals surface area (Å²) in [4.78, 5) is 30.7. The van der Waals surface area contributed by atoms with Gasteiger partial charge in [0, 0.05) is 33.2 Å². The van der Waals surface area contributed by atoms with Gasteiger partial charge in [-0.3, -0.25) is 14.6 Å². The summed E-state index contributed by atoms with van der Waals surface area (Å²) in [5, 5.41) is 0. The number of imide groups is 1. The second-order valence-electron chi connectivity index (χ2n) is 7.40. The van der Waals surface area contributed by atoms with Gasteiger partial charge in [0.1, 0.15) is 11.3 Å². The molecule has 6 heteroatoms. The minimum atomic E-state index is -0.642. The van der Waals surface area contributed by atoms with E-state index in [9.17, 15) is 9.59 Å². The largest absolute Gasteiger partial charge is 0.465 e. The SMILES string of the molecule is CC(C)CN1C(=O)N(C)C(=O)C12CCN(C/C=C/c1ccco1)CC2. The first-order chi connectivity index (χ1) is 11.9. The van der Waals surface area contributed by atoms with Crippen LogP contribution in [0, 0.1) is 5.92 Å². The molecule has 136 valence electrons. The molecule has 3 amide bonds. The molecule has 0 radical (unpaired) electrons. The second-order valence-corrected chi connectivity index (χ2v) is 7.40. The van der Waals surface area contributed by atoms with Crippen LogP contribution in [0.15, 0.2) is 28.9 Å². The number of furan rings is 1. The number of rotatable bonds is 5. The van der Waals surface area contributed by atoms with Gasteiger partial charge in [0.2, 0.25) is 0 Å². The predicted octanol–water partition coefficient (Wildman–Crippen LogP) is 2.68. The molecule has 0 saturated carbocycles. The van der Waals surface area contributed by atoms with Gasteiger partial charge < -0.3 is 9.32 Å². The minimum absolute atomic E-state index is 0.0380. The third kappa shape index (κ3) is 3.35. The van der Waals surface area contributed by atoms with Gasteiger partial charge in [0.15, 0.2) is 0 Å². The molecule has 3 rings (SSSR count). The van der Waals surface area contributed by atoms with E-state index in [4.69, 9.17) is 4.42 Å².